The molecule has 0 saturated heterocycles. The van der Waals surface area contributed by atoms with Crippen LogP contribution in [0.25, 0.3) is 11.3 Å². The van der Waals surface area contributed by atoms with Crippen molar-refractivity contribution < 1.29 is 13.2 Å². The number of thiazole rings is 1. The molecule has 0 aliphatic heterocycles. The fourth-order valence-electron chi connectivity index (χ4n) is 1.68. The molecule has 116 valence electrons. The van der Waals surface area contributed by atoms with Gasteiger partial charge in [0.1, 0.15) is 5.75 Å². The Morgan fingerprint density at radius 2 is 2.05 bits per heavy atom. The summed E-state index contributed by atoms with van der Waals surface area (Å²) < 4.78 is 24.0. The van der Waals surface area contributed by atoms with Crippen LogP contribution in [0.1, 0.15) is 0 Å². The van der Waals surface area contributed by atoms with Gasteiger partial charge in [-0.05, 0) is 12.1 Å². The minimum atomic E-state index is -3.46. The number of sulfone groups is 1. The van der Waals surface area contributed by atoms with E-state index in [1.165, 1.54) is 17.4 Å². The summed E-state index contributed by atoms with van der Waals surface area (Å²) in [6.07, 6.45) is 1.26. The van der Waals surface area contributed by atoms with Crippen molar-refractivity contribution in [2.45, 2.75) is 0 Å². The van der Waals surface area contributed by atoms with Crippen LogP contribution < -0.4 is 5.32 Å². The molecular formula is C14H13BrN2O3S2. The molecule has 2 rings (SSSR count). The monoisotopic (exact) mass is 400 g/mol. The molecule has 0 atom stereocenters. The smallest absolute Gasteiger partial charge is 0.241 e. The molecule has 0 radical (unpaired) electrons. The van der Waals surface area contributed by atoms with Gasteiger partial charge in [-0.25, -0.2) is 13.4 Å². The third-order valence-electron chi connectivity index (χ3n) is 2.61. The molecule has 2 aromatic rings. The molecule has 0 fully saturated rings. The predicted octanol–water partition coefficient (Wildman–Crippen LogP) is 3.11. The van der Waals surface area contributed by atoms with Gasteiger partial charge in [-0.1, -0.05) is 34.1 Å². The van der Waals surface area contributed by atoms with Crippen molar-refractivity contribution in [3.63, 3.8) is 0 Å². The zero-order valence-corrected chi connectivity index (χ0v) is 14.7. The number of anilines is 1. The van der Waals surface area contributed by atoms with E-state index >= 15 is 0 Å². The maximum absolute atomic E-state index is 11.7. The highest BCUT2D eigenvalue weighted by Gasteiger charge is 2.16. The summed E-state index contributed by atoms with van der Waals surface area (Å²) in [6.45, 7) is 3.36. The van der Waals surface area contributed by atoms with Crippen LogP contribution in [0, 0.1) is 0 Å². The highest BCUT2D eigenvalue weighted by molar-refractivity contribution is 9.10. The average molecular weight is 401 g/mol. The molecule has 0 unspecified atom stereocenters. The molecule has 22 heavy (non-hydrogen) atoms. The van der Waals surface area contributed by atoms with E-state index in [9.17, 15) is 13.2 Å². The SMILES string of the molecule is C=CCS(=O)(=O)CC(=O)Nc1nc(-c2ccc(Br)cc2)cs1. The van der Waals surface area contributed by atoms with Crippen molar-refractivity contribution in [3.8, 4) is 11.3 Å². The van der Waals surface area contributed by atoms with Crippen molar-refractivity contribution in [3.05, 3.63) is 46.8 Å². The second-order valence-electron chi connectivity index (χ2n) is 4.44. The molecule has 0 aliphatic carbocycles. The number of hydrogen-bond donors (Lipinski definition) is 1. The number of carbonyl (C=O) groups is 1. The average Bonchev–Trinajstić information content (AvgIpc) is 2.86. The van der Waals surface area contributed by atoms with Crippen LogP contribution in [0.15, 0.2) is 46.8 Å². The summed E-state index contributed by atoms with van der Waals surface area (Å²) in [5.74, 6) is -1.40. The highest BCUT2D eigenvalue weighted by Crippen LogP contribution is 2.26. The van der Waals surface area contributed by atoms with Gasteiger partial charge in [-0.3, -0.25) is 4.79 Å². The number of nitrogens with one attached hydrogen (secondary N) is 1. The van der Waals surface area contributed by atoms with Crippen LogP contribution in [0.2, 0.25) is 0 Å². The zero-order valence-electron chi connectivity index (χ0n) is 11.5. The van der Waals surface area contributed by atoms with E-state index in [1.807, 2.05) is 24.3 Å². The van der Waals surface area contributed by atoms with Gasteiger partial charge in [0, 0.05) is 15.4 Å². The maximum atomic E-state index is 11.7. The summed E-state index contributed by atoms with van der Waals surface area (Å²) >= 11 is 4.60. The lowest BCUT2D eigenvalue weighted by Crippen LogP contribution is -2.24. The fraction of sp³-hybridized carbons (Fsp3) is 0.143. The Labute approximate surface area is 141 Å². The second kappa shape index (κ2) is 7.17. The van der Waals surface area contributed by atoms with Gasteiger partial charge < -0.3 is 5.32 Å². The standard InChI is InChI=1S/C14H13BrN2O3S2/c1-2-7-22(19,20)9-13(18)17-14-16-12(8-21-14)10-3-5-11(15)6-4-10/h2-6,8H,1,7,9H2,(H,16,17,18). The summed E-state index contributed by atoms with van der Waals surface area (Å²) in [4.78, 5) is 16.0. The first kappa shape index (κ1) is 16.9. The molecule has 0 aliphatic rings. The van der Waals surface area contributed by atoms with E-state index in [0.29, 0.717) is 5.13 Å². The van der Waals surface area contributed by atoms with Crippen LogP contribution >= 0.6 is 27.3 Å². The Bertz CT molecular complexity index is 783. The van der Waals surface area contributed by atoms with Gasteiger partial charge in [0.2, 0.25) is 5.91 Å². The second-order valence-corrected chi connectivity index (χ2v) is 8.32. The Morgan fingerprint density at radius 1 is 1.36 bits per heavy atom. The van der Waals surface area contributed by atoms with Gasteiger partial charge in [0.15, 0.2) is 15.0 Å². The van der Waals surface area contributed by atoms with Crippen molar-refractivity contribution in [2.24, 2.45) is 0 Å². The molecule has 1 N–H and O–H groups in total. The third kappa shape index (κ3) is 4.75. The van der Waals surface area contributed by atoms with Crippen molar-refractivity contribution in [1.82, 2.24) is 4.98 Å². The Hall–Kier alpha value is -1.51. The van der Waals surface area contributed by atoms with Gasteiger partial charge in [-0.15, -0.1) is 17.9 Å². The van der Waals surface area contributed by atoms with Crippen LogP contribution in [-0.4, -0.2) is 30.8 Å². The number of amides is 1. The lowest BCUT2D eigenvalue weighted by molar-refractivity contribution is -0.113. The van der Waals surface area contributed by atoms with E-state index in [2.05, 4.69) is 32.8 Å². The minimum absolute atomic E-state index is 0.220. The Balaban J connectivity index is 2.04. The van der Waals surface area contributed by atoms with E-state index in [0.717, 1.165) is 15.7 Å². The first-order chi connectivity index (χ1) is 10.4. The van der Waals surface area contributed by atoms with Gasteiger partial charge in [0.25, 0.3) is 0 Å². The predicted molar refractivity (Wildman–Crippen MR) is 92.7 cm³/mol. The summed E-state index contributed by atoms with van der Waals surface area (Å²) in [5, 5.41) is 4.68. The molecule has 0 bridgehead atoms. The molecule has 8 heteroatoms. The van der Waals surface area contributed by atoms with Crippen molar-refractivity contribution in [2.75, 3.05) is 16.8 Å². The molecule has 1 heterocycles. The van der Waals surface area contributed by atoms with E-state index in [1.54, 1.807) is 5.38 Å². The number of halogens is 1. The number of carbonyl (C=O) groups excluding carboxylic acids is 1. The van der Waals surface area contributed by atoms with E-state index in [4.69, 9.17) is 0 Å². The first-order valence-electron chi connectivity index (χ1n) is 6.22. The molecular weight excluding hydrogens is 388 g/mol. The summed E-state index contributed by atoms with van der Waals surface area (Å²) in [6, 6.07) is 7.60. The van der Waals surface area contributed by atoms with Crippen molar-refractivity contribution >= 4 is 48.1 Å². The van der Waals surface area contributed by atoms with Crippen LogP contribution in [0.3, 0.4) is 0 Å². The maximum Gasteiger partial charge on any atom is 0.241 e. The lowest BCUT2D eigenvalue weighted by Gasteiger charge is -2.02. The number of aromatic nitrogens is 1. The molecule has 0 saturated carbocycles. The van der Waals surface area contributed by atoms with Crippen molar-refractivity contribution in [1.29, 1.82) is 0 Å². The van der Waals surface area contributed by atoms with Crippen LogP contribution in [-0.2, 0) is 14.6 Å². The number of benzene rings is 1. The van der Waals surface area contributed by atoms with Gasteiger partial charge in [-0.2, -0.15) is 0 Å². The van der Waals surface area contributed by atoms with Gasteiger partial charge >= 0.3 is 0 Å². The lowest BCUT2D eigenvalue weighted by atomic mass is 10.2. The molecule has 1 aromatic carbocycles. The zero-order chi connectivity index (χ0) is 16.2. The molecule has 5 nitrogen and oxygen atoms in total. The minimum Gasteiger partial charge on any atom is -0.301 e. The topological polar surface area (TPSA) is 76.1 Å². The largest absolute Gasteiger partial charge is 0.301 e. The van der Waals surface area contributed by atoms with Crippen LogP contribution in [0.4, 0.5) is 5.13 Å². The van der Waals surface area contributed by atoms with E-state index < -0.39 is 21.5 Å². The summed E-state index contributed by atoms with van der Waals surface area (Å²) in [7, 11) is -3.46. The number of rotatable bonds is 6. The Morgan fingerprint density at radius 3 is 2.68 bits per heavy atom. The number of hydrogen-bond acceptors (Lipinski definition) is 5. The Kier molecular flexibility index (Phi) is 5.49. The fourth-order valence-corrected chi connectivity index (χ4v) is 3.63. The molecule has 1 amide bonds. The normalized spacial score (nSPS) is 11.1. The number of nitrogens with zero attached hydrogens (tertiary/aromatic N) is 1. The van der Waals surface area contributed by atoms with Crippen LogP contribution in [0.5, 0.6) is 0 Å². The third-order valence-corrected chi connectivity index (χ3v) is 5.35. The molecule has 1 aromatic heterocycles. The highest BCUT2D eigenvalue weighted by atomic mass is 79.9. The first-order valence-corrected chi connectivity index (χ1v) is 9.71. The van der Waals surface area contributed by atoms with E-state index in [-0.39, 0.29) is 5.75 Å². The van der Waals surface area contributed by atoms with Gasteiger partial charge in [0.05, 0.1) is 11.4 Å². The molecule has 0 spiro atoms. The summed E-state index contributed by atoms with van der Waals surface area (Å²) in [5.41, 5.74) is 1.64. The quantitative estimate of drug-likeness (QED) is 0.755.